The molecule has 0 saturated heterocycles. The van der Waals surface area contributed by atoms with Crippen LogP contribution < -0.4 is 9.62 Å². The van der Waals surface area contributed by atoms with Crippen molar-refractivity contribution in [3.8, 4) is 0 Å². The summed E-state index contributed by atoms with van der Waals surface area (Å²) in [7, 11) is -0.103. The molecule has 0 radical (unpaired) electrons. The number of rotatable bonds is 6. The van der Waals surface area contributed by atoms with E-state index in [0.717, 1.165) is 11.3 Å². The van der Waals surface area contributed by atoms with Gasteiger partial charge in [-0.1, -0.05) is 6.07 Å². The number of hydrogen-bond donors (Lipinski definition) is 2. The highest BCUT2D eigenvalue weighted by Gasteiger charge is 2.19. The minimum atomic E-state index is -3.76. The number of sulfonamides is 1. The van der Waals surface area contributed by atoms with Crippen molar-refractivity contribution in [3.63, 3.8) is 0 Å². The van der Waals surface area contributed by atoms with Gasteiger partial charge in [0.2, 0.25) is 15.8 Å². The molecule has 2 N–H and O–H groups in total. The third-order valence-electron chi connectivity index (χ3n) is 3.37. The Morgan fingerprint density at radius 1 is 1.30 bits per heavy atom. The molecule has 0 bridgehead atoms. The van der Waals surface area contributed by atoms with Gasteiger partial charge in [-0.15, -0.1) is 0 Å². The van der Waals surface area contributed by atoms with Gasteiger partial charge in [0.05, 0.1) is 11.2 Å². The van der Waals surface area contributed by atoms with Crippen LogP contribution in [0.2, 0.25) is 0 Å². The van der Waals surface area contributed by atoms with E-state index >= 15 is 0 Å². The number of aromatic carboxylic acids is 1. The van der Waals surface area contributed by atoms with Crippen LogP contribution in [0.1, 0.15) is 21.7 Å². The molecule has 8 heteroatoms. The van der Waals surface area contributed by atoms with Crippen LogP contribution in [0.3, 0.4) is 0 Å². The van der Waals surface area contributed by atoms with Crippen LogP contribution in [0.25, 0.3) is 0 Å². The monoisotopic (exact) mass is 338 g/mol. The Bertz CT molecular complexity index is 824. The number of carboxylic acid groups (broad SMARTS) is 1. The maximum atomic E-state index is 12.4. The number of anilines is 1. The minimum absolute atomic E-state index is 0.118. The van der Waals surface area contributed by atoms with Gasteiger partial charge in [-0.2, -0.15) is 0 Å². The van der Waals surface area contributed by atoms with Gasteiger partial charge in [-0.3, -0.25) is 0 Å². The summed E-state index contributed by atoms with van der Waals surface area (Å²) in [4.78, 5) is 12.9. The average Bonchev–Trinajstić information content (AvgIpc) is 2.94. The molecule has 1 aromatic heterocycles. The number of furan rings is 1. The van der Waals surface area contributed by atoms with Crippen molar-refractivity contribution in [2.45, 2.75) is 18.4 Å². The predicted molar refractivity (Wildman–Crippen MR) is 85.2 cm³/mol. The normalized spacial score (nSPS) is 11.4. The zero-order valence-electron chi connectivity index (χ0n) is 13.0. The van der Waals surface area contributed by atoms with E-state index in [1.54, 1.807) is 12.1 Å². The molecule has 23 heavy (non-hydrogen) atoms. The summed E-state index contributed by atoms with van der Waals surface area (Å²) < 4.78 is 32.0. The molecule has 1 heterocycles. The second-order valence-electron chi connectivity index (χ2n) is 5.25. The predicted octanol–water partition coefficient (Wildman–Crippen LogP) is 1.83. The number of nitrogens with zero attached hydrogens (tertiary/aromatic N) is 1. The van der Waals surface area contributed by atoms with E-state index in [9.17, 15) is 13.2 Å². The van der Waals surface area contributed by atoms with E-state index in [4.69, 9.17) is 9.52 Å². The van der Waals surface area contributed by atoms with Crippen molar-refractivity contribution in [1.29, 1.82) is 0 Å². The van der Waals surface area contributed by atoms with Crippen LogP contribution in [-0.4, -0.2) is 33.6 Å². The molecule has 0 fully saturated rings. The first kappa shape index (κ1) is 17.0. The van der Waals surface area contributed by atoms with Crippen molar-refractivity contribution in [2.75, 3.05) is 19.0 Å². The van der Waals surface area contributed by atoms with Crippen LogP contribution in [0.5, 0.6) is 0 Å². The lowest BCUT2D eigenvalue weighted by Gasteiger charge is -2.17. The van der Waals surface area contributed by atoms with E-state index in [0.29, 0.717) is 0 Å². The van der Waals surface area contributed by atoms with Crippen molar-refractivity contribution in [3.05, 3.63) is 47.4 Å². The lowest BCUT2D eigenvalue weighted by Crippen LogP contribution is -2.24. The van der Waals surface area contributed by atoms with Crippen LogP contribution in [-0.2, 0) is 16.6 Å². The van der Waals surface area contributed by atoms with E-state index in [1.807, 2.05) is 25.9 Å². The van der Waals surface area contributed by atoms with E-state index in [1.165, 1.54) is 18.4 Å². The highest BCUT2D eigenvalue weighted by Crippen LogP contribution is 2.22. The average molecular weight is 338 g/mol. The topological polar surface area (TPSA) is 99.8 Å². The summed E-state index contributed by atoms with van der Waals surface area (Å²) in [6.07, 6.45) is 1.21. The summed E-state index contributed by atoms with van der Waals surface area (Å²) in [5.41, 5.74) is 2.01. The second kappa shape index (κ2) is 6.43. The summed E-state index contributed by atoms with van der Waals surface area (Å²) in [6, 6.07) is 6.24. The van der Waals surface area contributed by atoms with E-state index < -0.39 is 16.0 Å². The molecule has 0 amide bonds. The van der Waals surface area contributed by atoms with Gasteiger partial charge in [0, 0.05) is 31.9 Å². The van der Waals surface area contributed by atoms with Crippen LogP contribution in [0.15, 0.2) is 39.8 Å². The molecule has 0 aliphatic rings. The molecule has 0 saturated carbocycles. The van der Waals surface area contributed by atoms with Crippen molar-refractivity contribution in [1.82, 2.24) is 4.72 Å². The molecule has 2 aromatic rings. The first-order valence-electron chi connectivity index (χ1n) is 6.79. The second-order valence-corrected chi connectivity index (χ2v) is 7.01. The fraction of sp³-hybridized carbons (Fsp3) is 0.267. The number of carbonyl (C=O) groups is 1. The molecule has 0 aliphatic carbocycles. The van der Waals surface area contributed by atoms with Gasteiger partial charge < -0.3 is 14.4 Å². The largest absolute Gasteiger partial charge is 0.475 e. The quantitative estimate of drug-likeness (QED) is 0.833. The molecule has 1 aromatic carbocycles. The van der Waals surface area contributed by atoms with Gasteiger partial charge >= 0.3 is 5.97 Å². The van der Waals surface area contributed by atoms with Gasteiger partial charge in [-0.05, 0) is 30.7 Å². The molecule has 7 nitrogen and oxygen atoms in total. The SMILES string of the molecule is Cc1ccc(S(=O)(=O)NCc2ccoc2C(=O)O)cc1N(C)C. The maximum absolute atomic E-state index is 12.4. The Labute approximate surface area is 134 Å². The lowest BCUT2D eigenvalue weighted by atomic mass is 10.2. The Kier molecular flexibility index (Phi) is 4.76. The Morgan fingerprint density at radius 2 is 2.00 bits per heavy atom. The van der Waals surface area contributed by atoms with Gasteiger partial charge in [0.15, 0.2) is 0 Å². The molecule has 0 spiro atoms. The van der Waals surface area contributed by atoms with Crippen molar-refractivity contribution < 1.29 is 22.7 Å². The van der Waals surface area contributed by atoms with Crippen LogP contribution in [0, 0.1) is 6.92 Å². The number of nitrogens with one attached hydrogen (secondary N) is 1. The summed E-state index contributed by atoms with van der Waals surface area (Å²) >= 11 is 0. The van der Waals surface area contributed by atoms with Gasteiger partial charge in [0.1, 0.15) is 0 Å². The number of hydrogen-bond acceptors (Lipinski definition) is 5. The van der Waals surface area contributed by atoms with Crippen LogP contribution >= 0.6 is 0 Å². The third-order valence-corrected chi connectivity index (χ3v) is 4.77. The molecule has 0 atom stereocenters. The maximum Gasteiger partial charge on any atom is 0.372 e. The van der Waals surface area contributed by atoms with Crippen molar-refractivity contribution in [2.24, 2.45) is 0 Å². The first-order valence-corrected chi connectivity index (χ1v) is 8.28. The zero-order valence-corrected chi connectivity index (χ0v) is 13.8. The van der Waals surface area contributed by atoms with Crippen LogP contribution in [0.4, 0.5) is 5.69 Å². The molecular weight excluding hydrogens is 320 g/mol. The van der Waals surface area contributed by atoms with E-state index in [-0.39, 0.29) is 22.8 Å². The number of carboxylic acids is 1. The molecule has 0 aliphatic heterocycles. The zero-order chi connectivity index (χ0) is 17.2. The fourth-order valence-electron chi connectivity index (χ4n) is 2.16. The number of aryl methyl sites for hydroxylation is 1. The summed E-state index contributed by atoms with van der Waals surface area (Å²) in [6.45, 7) is 1.73. The highest BCUT2D eigenvalue weighted by molar-refractivity contribution is 7.89. The summed E-state index contributed by atoms with van der Waals surface area (Å²) in [5, 5.41) is 8.95. The standard InChI is InChI=1S/C15H18N2O5S/c1-10-4-5-12(8-13(10)17(2)3)23(20,21)16-9-11-6-7-22-14(11)15(18)19/h4-8,16H,9H2,1-3H3,(H,18,19). The highest BCUT2D eigenvalue weighted by atomic mass is 32.2. The molecule has 0 unspecified atom stereocenters. The van der Waals surface area contributed by atoms with Gasteiger partial charge in [-0.25, -0.2) is 17.9 Å². The minimum Gasteiger partial charge on any atom is -0.475 e. The smallest absolute Gasteiger partial charge is 0.372 e. The Morgan fingerprint density at radius 3 is 2.61 bits per heavy atom. The van der Waals surface area contributed by atoms with Gasteiger partial charge in [0.25, 0.3) is 0 Å². The summed E-state index contributed by atoms with van der Waals surface area (Å²) in [5.74, 6) is -1.51. The van der Waals surface area contributed by atoms with E-state index in [2.05, 4.69) is 4.72 Å². The molecular formula is C15H18N2O5S. The van der Waals surface area contributed by atoms with Crippen molar-refractivity contribution >= 4 is 21.7 Å². The number of benzene rings is 1. The molecule has 124 valence electrons. The Hall–Kier alpha value is -2.32. The molecule has 2 rings (SSSR count). The lowest BCUT2D eigenvalue weighted by molar-refractivity contribution is 0.0660. The Balaban J connectivity index is 2.24. The fourth-order valence-corrected chi connectivity index (χ4v) is 3.18. The third kappa shape index (κ3) is 3.72. The first-order chi connectivity index (χ1) is 10.7.